The Balaban J connectivity index is 3.06. The highest BCUT2D eigenvalue weighted by atomic mass is 32.2. The highest BCUT2D eigenvalue weighted by Crippen LogP contribution is 2.19. The van der Waals surface area contributed by atoms with E-state index in [0.29, 0.717) is 5.69 Å². The lowest BCUT2D eigenvalue weighted by Crippen LogP contribution is -2.37. The van der Waals surface area contributed by atoms with Crippen LogP contribution in [-0.2, 0) is 14.8 Å². The zero-order chi connectivity index (χ0) is 14.8. The van der Waals surface area contributed by atoms with E-state index in [9.17, 15) is 13.2 Å². The molecule has 0 saturated heterocycles. The fourth-order valence-corrected chi connectivity index (χ4v) is 2.78. The summed E-state index contributed by atoms with van der Waals surface area (Å²) in [7, 11) is 0.817. The van der Waals surface area contributed by atoms with E-state index in [4.69, 9.17) is 5.73 Å². The predicted molar refractivity (Wildman–Crippen MR) is 74.1 cm³/mol. The average Bonchev–Trinajstić information content (AvgIpc) is 2.27. The van der Waals surface area contributed by atoms with Crippen LogP contribution in [0.2, 0.25) is 0 Å². The molecule has 0 aliphatic carbocycles. The number of hydrogen-bond acceptors (Lipinski definition) is 4. The largest absolute Gasteiger partial charge is 0.399 e. The number of anilines is 1. The predicted octanol–water partition coefficient (Wildman–Crippen LogP) is 0.286. The van der Waals surface area contributed by atoms with E-state index < -0.39 is 10.0 Å². The summed E-state index contributed by atoms with van der Waals surface area (Å²) in [4.78, 5) is 13.0. The molecule has 0 bridgehead atoms. The van der Waals surface area contributed by atoms with Gasteiger partial charge in [-0.15, -0.1) is 0 Å². The summed E-state index contributed by atoms with van der Waals surface area (Å²) in [6.45, 7) is 1.56. The number of hydrogen-bond donors (Lipinski definition) is 1. The molecule has 0 heterocycles. The van der Waals surface area contributed by atoms with Gasteiger partial charge in [-0.05, 0) is 30.7 Å². The first-order valence-electron chi connectivity index (χ1n) is 5.68. The number of carbonyl (C=O) groups is 1. The van der Waals surface area contributed by atoms with Crippen molar-refractivity contribution in [2.45, 2.75) is 11.8 Å². The third-order valence-corrected chi connectivity index (χ3v) is 4.42. The summed E-state index contributed by atoms with van der Waals surface area (Å²) >= 11 is 0. The van der Waals surface area contributed by atoms with Crippen molar-refractivity contribution in [1.29, 1.82) is 0 Å². The molecule has 0 fully saturated rings. The van der Waals surface area contributed by atoms with E-state index in [1.807, 2.05) is 0 Å². The minimum atomic E-state index is -3.71. The summed E-state index contributed by atoms with van der Waals surface area (Å²) < 4.78 is 25.6. The molecule has 106 valence electrons. The highest BCUT2D eigenvalue weighted by Gasteiger charge is 2.24. The smallest absolute Gasteiger partial charge is 0.243 e. The van der Waals surface area contributed by atoms with Gasteiger partial charge in [-0.2, -0.15) is 4.31 Å². The third-order valence-electron chi connectivity index (χ3n) is 2.64. The van der Waals surface area contributed by atoms with Crippen LogP contribution in [0.15, 0.2) is 23.1 Å². The Morgan fingerprint density at radius 1 is 1.21 bits per heavy atom. The van der Waals surface area contributed by atoms with E-state index in [0.717, 1.165) is 9.87 Å². The highest BCUT2D eigenvalue weighted by molar-refractivity contribution is 7.89. The van der Waals surface area contributed by atoms with Gasteiger partial charge in [0, 0.05) is 26.8 Å². The second-order valence-corrected chi connectivity index (χ2v) is 6.67. The molecule has 0 unspecified atom stereocenters. The molecule has 19 heavy (non-hydrogen) atoms. The lowest BCUT2D eigenvalue weighted by molar-refractivity contribution is -0.128. The quantitative estimate of drug-likeness (QED) is 0.806. The van der Waals surface area contributed by atoms with Gasteiger partial charge in [0.05, 0.1) is 11.4 Å². The van der Waals surface area contributed by atoms with E-state index in [1.165, 1.54) is 24.1 Å². The molecule has 1 aromatic carbocycles. The normalized spacial score (nSPS) is 11.6. The maximum Gasteiger partial charge on any atom is 0.243 e. The van der Waals surface area contributed by atoms with Gasteiger partial charge in [0.1, 0.15) is 0 Å². The standard InChI is InChI=1S/C12H19N3O3S/c1-9-5-10(13)7-11(6-9)19(17,18)15(4)8-12(16)14(2)3/h5-7H,8,13H2,1-4H3. The lowest BCUT2D eigenvalue weighted by Gasteiger charge is -2.19. The van der Waals surface area contributed by atoms with Crippen molar-refractivity contribution in [3.63, 3.8) is 0 Å². The van der Waals surface area contributed by atoms with Crippen molar-refractivity contribution < 1.29 is 13.2 Å². The van der Waals surface area contributed by atoms with Crippen LogP contribution >= 0.6 is 0 Å². The number of carbonyl (C=O) groups excluding carboxylic acids is 1. The van der Waals surface area contributed by atoms with Crippen LogP contribution in [0, 0.1) is 6.92 Å². The first-order valence-corrected chi connectivity index (χ1v) is 7.12. The van der Waals surface area contributed by atoms with Gasteiger partial charge in [0.25, 0.3) is 0 Å². The zero-order valence-corrected chi connectivity index (χ0v) is 12.4. The van der Waals surface area contributed by atoms with Gasteiger partial charge in [-0.25, -0.2) is 8.42 Å². The maximum absolute atomic E-state index is 12.3. The molecule has 0 aliphatic rings. The van der Waals surface area contributed by atoms with Crippen LogP contribution in [-0.4, -0.2) is 51.2 Å². The topological polar surface area (TPSA) is 83.7 Å². The number of benzene rings is 1. The van der Waals surface area contributed by atoms with Crippen molar-refractivity contribution in [2.75, 3.05) is 33.4 Å². The average molecular weight is 285 g/mol. The molecule has 1 rings (SSSR count). The molecule has 0 aromatic heterocycles. The molecule has 6 nitrogen and oxygen atoms in total. The number of rotatable bonds is 4. The van der Waals surface area contributed by atoms with E-state index in [2.05, 4.69) is 0 Å². The molecular formula is C12H19N3O3S. The van der Waals surface area contributed by atoms with Crippen molar-refractivity contribution in [3.8, 4) is 0 Å². The molecule has 0 aliphatic heterocycles. The van der Waals surface area contributed by atoms with Crippen molar-refractivity contribution in [3.05, 3.63) is 23.8 Å². The molecule has 0 atom stereocenters. The van der Waals surface area contributed by atoms with Gasteiger partial charge >= 0.3 is 0 Å². The molecule has 0 saturated carbocycles. The Bertz CT molecular complexity index is 562. The van der Waals surface area contributed by atoms with Gasteiger partial charge < -0.3 is 10.6 Å². The number of nitrogen functional groups attached to an aromatic ring is 1. The molecule has 1 amide bonds. The van der Waals surface area contributed by atoms with E-state index in [1.54, 1.807) is 27.1 Å². The minimum absolute atomic E-state index is 0.0963. The molecule has 2 N–H and O–H groups in total. The lowest BCUT2D eigenvalue weighted by atomic mass is 10.2. The Morgan fingerprint density at radius 3 is 2.26 bits per heavy atom. The van der Waals surface area contributed by atoms with E-state index >= 15 is 0 Å². The number of nitrogens with zero attached hydrogens (tertiary/aromatic N) is 2. The van der Waals surface area contributed by atoms with Gasteiger partial charge in [-0.1, -0.05) is 0 Å². The summed E-state index contributed by atoms with van der Waals surface area (Å²) in [5.74, 6) is -0.285. The molecule has 1 aromatic rings. The molecular weight excluding hydrogens is 266 g/mol. The van der Waals surface area contributed by atoms with Crippen molar-refractivity contribution in [2.24, 2.45) is 0 Å². The number of nitrogens with two attached hydrogens (primary N) is 1. The van der Waals surface area contributed by atoms with Crippen molar-refractivity contribution >= 4 is 21.6 Å². The van der Waals surface area contributed by atoms with Gasteiger partial charge in [-0.3, -0.25) is 4.79 Å². The number of amides is 1. The Labute approximate surface area is 113 Å². The Kier molecular flexibility index (Phi) is 4.54. The van der Waals surface area contributed by atoms with Crippen molar-refractivity contribution in [1.82, 2.24) is 9.21 Å². The van der Waals surface area contributed by atoms with Crippen LogP contribution in [0.25, 0.3) is 0 Å². The van der Waals surface area contributed by atoms with Crippen LogP contribution in [0.5, 0.6) is 0 Å². The minimum Gasteiger partial charge on any atom is -0.399 e. The summed E-state index contributed by atoms with van der Waals surface area (Å²) in [6.07, 6.45) is 0. The summed E-state index contributed by atoms with van der Waals surface area (Å²) in [5, 5.41) is 0. The first-order chi connectivity index (χ1) is 8.64. The van der Waals surface area contributed by atoms with Crippen LogP contribution in [0.3, 0.4) is 0 Å². The monoisotopic (exact) mass is 285 g/mol. The number of likely N-dealkylation sites (N-methyl/N-ethyl adjacent to an activating group) is 2. The Hall–Kier alpha value is -1.60. The second-order valence-electron chi connectivity index (χ2n) is 4.63. The Morgan fingerprint density at radius 2 is 1.79 bits per heavy atom. The fraction of sp³-hybridized carbons (Fsp3) is 0.417. The second kappa shape index (κ2) is 5.58. The van der Waals surface area contributed by atoms with E-state index in [-0.39, 0.29) is 17.3 Å². The molecule has 7 heteroatoms. The SMILES string of the molecule is Cc1cc(N)cc(S(=O)(=O)N(C)CC(=O)N(C)C)c1. The summed E-state index contributed by atoms with van der Waals surface area (Å²) in [6, 6.07) is 4.60. The number of sulfonamides is 1. The van der Waals surface area contributed by atoms with Gasteiger partial charge in [0.2, 0.25) is 15.9 Å². The molecule has 0 spiro atoms. The third kappa shape index (κ3) is 3.68. The first kappa shape index (κ1) is 15.5. The van der Waals surface area contributed by atoms with Crippen LogP contribution in [0.1, 0.15) is 5.56 Å². The summed E-state index contributed by atoms with van der Waals surface area (Å²) in [5.41, 5.74) is 6.78. The van der Waals surface area contributed by atoms with Crippen LogP contribution < -0.4 is 5.73 Å². The number of aryl methyl sites for hydroxylation is 1. The fourth-order valence-electron chi connectivity index (χ4n) is 1.52. The maximum atomic E-state index is 12.3. The van der Waals surface area contributed by atoms with Crippen LogP contribution in [0.4, 0.5) is 5.69 Å². The van der Waals surface area contributed by atoms with Gasteiger partial charge in [0.15, 0.2) is 0 Å². The zero-order valence-electron chi connectivity index (χ0n) is 11.5. The molecule has 0 radical (unpaired) electrons.